The molecular weight excluding hydrogens is 288 g/mol. The predicted octanol–water partition coefficient (Wildman–Crippen LogP) is 3.48. The minimum absolute atomic E-state index is 0.00693. The fraction of sp³-hybridized carbons (Fsp3) is 0.263. The second kappa shape index (κ2) is 6.65. The summed E-state index contributed by atoms with van der Waals surface area (Å²) in [5.41, 5.74) is 2.96. The normalized spacial score (nSPS) is 13.9. The van der Waals surface area contributed by atoms with E-state index in [0.717, 1.165) is 37.2 Å². The molecule has 118 valence electrons. The number of rotatable bonds is 3. The Balaban J connectivity index is 1.74. The van der Waals surface area contributed by atoms with Crippen LogP contribution in [0.3, 0.4) is 0 Å². The highest BCUT2D eigenvalue weighted by Crippen LogP contribution is 2.15. The fourth-order valence-electron chi connectivity index (χ4n) is 2.74. The molecule has 0 bridgehead atoms. The van der Waals surface area contributed by atoms with Crippen molar-refractivity contribution >= 4 is 17.5 Å². The Labute approximate surface area is 136 Å². The molecule has 4 nitrogen and oxygen atoms in total. The molecular formula is C19H20N2O2. The van der Waals surface area contributed by atoms with Gasteiger partial charge in [-0.2, -0.15) is 0 Å². The highest BCUT2D eigenvalue weighted by atomic mass is 16.2. The molecule has 2 amide bonds. The van der Waals surface area contributed by atoms with Crippen molar-refractivity contribution in [3.05, 3.63) is 65.2 Å². The third kappa shape index (κ3) is 3.59. The molecule has 0 unspecified atom stereocenters. The van der Waals surface area contributed by atoms with Crippen LogP contribution in [0.15, 0.2) is 48.5 Å². The Morgan fingerprint density at radius 2 is 1.61 bits per heavy atom. The van der Waals surface area contributed by atoms with Crippen LogP contribution in [-0.4, -0.2) is 29.8 Å². The van der Waals surface area contributed by atoms with Crippen molar-refractivity contribution in [3.63, 3.8) is 0 Å². The number of hydrogen-bond acceptors (Lipinski definition) is 2. The van der Waals surface area contributed by atoms with E-state index in [-0.39, 0.29) is 11.8 Å². The van der Waals surface area contributed by atoms with E-state index in [4.69, 9.17) is 0 Å². The van der Waals surface area contributed by atoms with Crippen LogP contribution < -0.4 is 5.32 Å². The first kappa shape index (κ1) is 15.3. The average Bonchev–Trinajstić information content (AvgIpc) is 3.11. The summed E-state index contributed by atoms with van der Waals surface area (Å²) in [6, 6.07) is 14.6. The van der Waals surface area contributed by atoms with Crippen LogP contribution in [-0.2, 0) is 0 Å². The lowest BCUT2D eigenvalue weighted by atomic mass is 10.1. The number of carbonyl (C=O) groups excluding carboxylic acids is 2. The van der Waals surface area contributed by atoms with E-state index in [1.807, 2.05) is 36.1 Å². The summed E-state index contributed by atoms with van der Waals surface area (Å²) in [6.07, 6.45) is 2.11. The Bertz CT molecular complexity index is 716. The quantitative estimate of drug-likeness (QED) is 0.943. The molecule has 0 aromatic heterocycles. The largest absolute Gasteiger partial charge is 0.339 e. The third-order valence-corrected chi connectivity index (χ3v) is 4.07. The maximum absolute atomic E-state index is 12.4. The van der Waals surface area contributed by atoms with Crippen molar-refractivity contribution in [2.75, 3.05) is 18.4 Å². The number of anilines is 1. The Hall–Kier alpha value is -2.62. The van der Waals surface area contributed by atoms with Gasteiger partial charge in [-0.3, -0.25) is 9.59 Å². The minimum Gasteiger partial charge on any atom is -0.339 e. The topological polar surface area (TPSA) is 49.4 Å². The maximum Gasteiger partial charge on any atom is 0.255 e. The van der Waals surface area contributed by atoms with Crippen LogP contribution in [0.2, 0.25) is 0 Å². The van der Waals surface area contributed by atoms with E-state index in [9.17, 15) is 9.59 Å². The van der Waals surface area contributed by atoms with Crippen LogP contribution in [0.4, 0.5) is 5.69 Å². The van der Waals surface area contributed by atoms with Gasteiger partial charge in [-0.15, -0.1) is 0 Å². The minimum atomic E-state index is -0.204. The van der Waals surface area contributed by atoms with Crippen LogP contribution in [0, 0.1) is 6.92 Å². The zero-order valence-corrected chi connectivity index (χ0v) is 13.2. The molecule has 0 spiro atoms. The molecule has 0 atom stereocenters. The number of aryl methyl sites for hydroxylation is 1. The molecule has 0 aliphatic carbocycles. The number of likely N-dealkylation sites (tertiary alicyclic amines) is 1. The summed E-state index contributed by atoms with van der Waals surface area (Å²) in [7, 11) is 0. The van der Waals surface area contributed by atoms with E-state index >= 15 is 0 Å². The summed E-state index contributed by atoms with van der Waals surface area (Å²) in [6.45, 7) is 3.61. The molecule has 1 aliphatic heterocycles. The Morgan fingerprint density at radius 1 is 0.957 bits per heavy atom. The number of amides is 2. The van der Waals surface area contributed by atoms with Gasteiger partial charge in [-0.1, -0.05) is 23.8 Å². The maximum atomic E-state index is 12.4. The molecule has 3 rings (SSSR count). The van der Waals surface area contributed by atoms with Crippen molar-refractivity contribution in [1.29, 1.82) is 0 Å². The average molecular weight is 308 g/mol. The second-order valence-electron chi connectivity index (χ2n) is 5.90. The highest BCUT2D eigenvalue weighted by Gasteiger charge is 2.20. The molecule has 1 fully saturated rings. The summed E-state index contributed by atoms with van der Waals surface area (Å²) >= 11 is 0. The summed E-state index contributed by atoms with van der Waals surface area (Å²) in [4.78, 5) is 26.6. The van der Waals surface area contributed by atoms with Gasteiger partial charge in [-0.25, -0.2) is 0 Å². The number of nitrogens with zero attached hydrogens (tertiary/aromatic N) is 1. The van der Waals surface area contributed by atoms with Gasteiger partial charge in [0.05, 0.1) is 0 Å². The fourth-order valence-corrected chi connectivity index (χ4v) is 2.74. The zero-order chi connectivity index (χ0) is 16.2. The van der Waals surface area contributed by atoms with Gasteiger partial charge in [0, 0.05) is 29.9 Å². The van der Waals surface area contributed by atoms with Gasteiger partial charge in [0.25, 0.3) is 11.8 Å². The molecule has 0 saturated carbocycles. The smallest absolute Gasteiger partial charge is 0.255 e. The lowest BCUT2D eigenvalue weighted by molar-refractivity contribution is 0.0793. The van der Waals surface area contributed by atoms with Crippen molar-refractivity contribution in [1.82, 2.24) is 4.90 Å². The molecule has 1 heterocycles. The van der Waals surface area contributed by atoms with Gasteiger partial charge in [0.15, 0.2) is 0 Å². The van der Waals surface area contributed by atoms with E-state index in [0.29, 0.717) is 11.1 Å². The molecule has 4 heteroatoms. The first-order chi connectivity index (χ1) is 11.1. The molecule has 2 aromatic carbocycles. The van der Waals surface area contributed by atoms with Gasteiger partial charge < -0.3 is 10.2 Å². The number of carbonyl (C=O) groups is 2. The molecule has 1 saturated heterocycles. The van der Waals surface area contributed by atoms with Crippen molar-refractivity contribution in [3.8, 4) is 0 Å². The Morgan fingerprint density at radius 3 is 2.30 bits per heavy atom. The summed E-state index contributed by atoms with van der Waals surface area (Å²) in [5.74, 6) is -0.197. The van der Waals surface area contributed by atoms with Crippen LogP contribution in [0.25, 0.3) is 0 Å². The van der Waals surface area contributed by atoms with Gasteiger partial charge >= 0.3 is 0 Å². The molecule has 0 radical (unpaired) electrons. The van der Waals surface area contributed by atoms with Gasteiger partial charge in [0.1, 0.15) is 0 Å². The molecule has 1 N–H and O–H groups in total. The van der Waals surface area contributed by atoms with Crippen molar-refractivity contribution in [2.24, 2.45) is 0 Å². The van der Waals surface area contributed by atoms with Crippen molar-refractivity contribution in [2.45, 2.75) is 19.8 Å². The predicted molar refractivity (Wildman–Crippen MR) is 90.7 cm³/mol. The van der Waals surface area contributed by atoms with E-state index in [2.05, 4.69) is 5.32 Å². The monoisotopic (exact) mass is 308 g/mol. The van der Waals surface area contributed by atoms with E-state index in [1.54, 1.807) is 24.3 Å². The van der Waals surface area contributed by atoms with Crippen molar-refractivity contribution < 1.29 is 9.59 Å². The van der Waals surface area contributed by atoms with Crippen LogP contribution in [0.5, 0.6) is 0 Å². The molecule has 1 aliphatic rings. The number of benzene rings is 2. The van der Waals surface area contributed by atoms with Gasteiger partial charge in [-0.05, 0) is 50.1 Å². The third-order valence-electron chi connectivity index (χ3n) is 4.07. The van der Waals surface area contributed by atoms with Crippen LogP contribution in [0.1, 0.15) is 39.1 Å². The standard InChI is InChI=1S/C19H20N2O2/c1-14-7-9-17(10-8-14)20-18(22)15-5-4-6-16(13-15)19(23)21-11-2-3-12-21/h4-10,13H,2-3,11-12H2,1H3,(H,20,22). The highest BCUT2D eigenvalue weighted by molar-refractivity contribution is 6.06. The summed E-state index contributed by atoms with van der Waals surface area (Å²) in [5, 5.41) is 2.86. The van der Waals surface area contributed by atoms with E-state index in [1.165, 1.54) is 0 Å². The van der Waals surface area contributed by atoms with Gasteiger partial charge in [0.2, 0.25) is 0 Å². The van der Waals surface area contributed by atoms with E-state index < -0.39 is 0 Å². The Kier molecular flexibility index (Phi) is 4.42. The van der Waals surface area contributed by atoms with Crippen LogP contribution >= 0.6 is 0 Å². The molecule has 2 aromatic rings. The summed E-state index contributed by atoms with van der Waals surface area (Å²) < 4.78 is 0. The SMILES string of the molecule is Cc1ccc(NC(=O)c2cccc(C(=O)N3CCCC3)c2)cc1. The zero-order valence-electron chi connectivity index (χ0n) is 13.2. The first-order valence-corrected chi connectivity index (χ1v) is 7.91. The lowest BCUT2D eigenvalue weighted by Crippen LogP contribution is -2.27. The second-order valence-corrected chi connectivity index (χ2v) is 5.90. The lowest BCUT2D eigenvalue weighted by Gasteiger charge is -2.15. The number of hydrogen-bond donors (Lipinski definition) is 1. The molecule has 23 heavy (non-hydrogen) atoms. The number of nitrogens with one attached hydrogen (secondary N) is 1. The first-order valence-electron chi connectivity index (χ1n) is 7.91.